The van der Waals surface area contributed by atoms with Crippen molar-refractivity contribution < 1.29 is 27.3 Å². The standard InChI is InChI=1S/C11H10N2O2.Ag/c1-8-9(10-5-3-7-12-10)4-2-6-11(8)13(14)15;/h2-7,12H,1H3;. The molecule has 4 nitrogen and oxygen atoms in total. The molecule has 1 aromatic carbocycles. The van der Waals surface area contributed by atoms with Gasteiger partial charge in [-0.15, -0.1) is 0 Å². The van der Waals surface area contributed by atoms with Crippen LogP contribution in [0.4, 0.5) is 5.69 Å². The van der Waals surface area contributed by atoms with Crippen LogP contribution in [0.15, 0.2) is 36.5 Å². The Bertz CT molecular complexity index is 495. The summed E-state index contributed by atoms with van der Waals surface area (Å²) in [5.41, 5.74) is 2.61. The summed E-state index contributed by atoms with van der Waals surface area (Å²) in [6.45, 7) is 1.76. The average Bonchev–Trinajstić information content (AvgIpc) is 2.70. The van der Waals surface area contributed by atoms with Crippen molar-refractivity contribution in [2.75, 3.05) is 0 Å². The second-order valence-corrected chi connectivity index (χ2v) is 3.29. The summed E-state index contributed by atoms with van der Waals surface area (Å²) in [5, 5.41) is 10.7. The maximum Gasteiger partial charge on any atom is 0.272 e. The van der Waals surface area contributed by atoms with Crippen molar-refractivity contribution in [1.29, 1.82) is 0 Å². The number of hydrogen-bond donors (Lipinski definition) is 1. The van der Waals surface area contributed by atoms with Crippen molar-refractivity contribution in [3.8, 4) is 11.3 Å². The molecule has 0 bridgehead atoms. The van der Waals surface area contributed by atoms with Gasteiger partial charge in [-0.2, -0.15) is 0 Å². The van der Waals surface area contributed by atoms with Gasteiger partial charge in [0.25, 0.3) is 5.69 Å². The third kappa shape index (κ3) is 2.24. The normalized spacial score (nSPS) is 9.56. The minimum atomic E-state index is -0.359. The number of aromatic amines is 1. The average molecular weight is 310 g/mol. The molecule has 0 aliphatic heterocycles. The van der Waals surface area contributed by atoms with Gasteiger partial charge in [-0.3, -0.25) is 10.1 Å². The van der Waals surface area contributed by atoms with Crippen LogP contribution in [0.5, 0.6) is 0 Å². The van der Waals surface area contributed by atoms with Crippen LogP contribution in [0.25, 0.3) is 11.3 Å². The molecule has 0 amide bonds. The van der Waals surface area contributed by atoms with Gasteiger partial charge in [0.15, 0.2) is 0 Å². The second kappa shape index (κ2) is 5.12. The molecular weight excluding hydrogens is 300 g/mol. The molecule has 0 saturated carbocycles. The maximum atomic E-state index is 10.7. The van der Waals surface area contributed by atoms with Crippen molar-refractivity contribution in [2.24, 2.45) is 0 Å². The summed E-state index contributed by atoms with van der Waals surface area (Å²) in [6, 6.07) is 8.84. The Morgan fingerprint density at radius 1 is 1.25 bits per heavy atom. The number of H-pyrrole nitrogens is 1. The van der Waals surface area contributed by atoms with E-state index in [-0.39, 0.29) is 33.0 Å². The van der Waals surface area contributed by atoms with E-state index in [1.54, 1.807) is 19.2 Å². The van der Waals surface area contributed by atoms with Crippen LogP contribution in [0.1, 0.15) is 5.56 Å². The van der Waals surface area contributed by atoms with Gasteiger partial charge >= 0.3 is 0 Å². The molecule has 1 heterocycles. The molecule has 5 heteroatoms. The first-order chi connectivity index (χ1) is 7.20. The molecule has 0 spiro atoms. The van der Waals surface area contributed by atoms with Gasteiger partial charge in [0.05, 0.1) is 4.92 Å². The summed E-state index contributed by atoms with van der Waals surface area (Å²) >= 11 is 0. The van der Waals surface area contributed by atoms with Gasteiger partial charge in [0.2, 0.25) is 0 Å². The van der Waals surface area contributed by atoms with Crippen LogP contribution in [0.2, 0.25) is 0 Å². The van der Waals surface area contributed by atoms with Crippen LogP contribution in [-0.2, 0) is 22.4 Å². The summed E-state index contributed by atoms with van der Waals surface area (Å²) in [7, 11) is 0. The fourth-order valence-electron chi connectivity index (χ4n) is 1.61. The van der Waals surface area contributed by atoms with Crippen LogP contribution >= 0.6 is 0 Å². The third-order valence-electron chi connectivity index (χ3n) is 2.39. The number of aromatic nitrogens is 1. The Labute approximate surface area is 108 Å². The molecule has 0 fully saturated rings. The monoisotopic (exact) mass is 309 g/mol. The Morgan fingerprint density at radius 3 is 2.56 bits per heavy atom. The topological polar surface area (TPSA) is 58.9 Å². The Balaban J connectivity index is 0.00000128. The Hall–Kier alpha value is -1.36. The van der Waals surface area contributed by atoms with Crippen LogP contribution in [0, 0.1) is 17.0 Å². The molecule has 1 N–H and O–H groups in total. The zero-order valence-corrected chi connectivity index (χ0v) is 10.0. The summed E-state index contributed by atoms with van der Waals surface area (Å²) in [6.07, 6.45) is 1.80. The number of nitro groups is 1. The minimum Gasteiger partial charge on any atom is -0.361 e. The van der Waals surface area contributed by atoms with E-state index in [4.69, 9.17) is 0 Å². The second-order valence-electron chi connectivity index (χ2n) is 3.29. The molecule has 2 aromatic rings. The molecule has 0 aliphatic rings. The van der Waals surface area contributed by atoms with Crippen molar-refractivity contribution in [1.82, 2.24) is 4.98 Å². The van der Waals surface area contributed by atoms with E-state index in [0.29, 0.717) is 5.56 Å². The summed E-state index contributed by atoms with van der Waals surface area (Å²) < 4.78 is 0. The van der Waals surface area contributed by atoms with Crippen molar-refractivity contribution >= 4 is 5.69 Å². The number of benzene rings is 1. The molecule has 1 radical (unpaired) electrons. The predicted molar refractivity (Wildman–Crippen MR) is 57.6 cm³/mol. The van der Waals surface area contributed by atoms with Gasteiger partial charge in [-0.25, -0.2) is 0 Å². The largest absolute Gasteiger partial charge is 0.361 e. The Kier molecular flexibility index (Phi) is 4.06. The molecule has 0 atom stereocenters. The first-order valence-electron chi connectivity index (χ1n) is 4.58. The van der Waals surface area contributed by atoms with E-state index < -0.39 is 0 Å². The van der Waals surface area contributed by atoms with Gasteiger partial charge in [-0.1, -0.05) is 12.1 Å². The number of nitrogens with one attached hydrogen (secondary N) is 1. The molecule has 16 heavy (non-hydrogen) atoms. The van der Waals surface area contributed by atoms with E-state index in [2.05, 4.69) is 4.98 Å². The van der Waals surface area contributed by atoms with E-state index >= 15 is 0 Å². The summed E-state index contributed by atoms with van der Waals surface area (Å²) in [5.74, 6) is 0. The van der Waals surface area contributed by atoms with Gasteiger partial charge in [0, 0.05) is 51.5 Å². The third-order valence-corrected chi connectivity index (χ3v) is 2.39. The minimum absolute atomic E-state index is 0. The van der Waals surface area contributed by atoms with Crippen LogP contribution in [0.3, 0.4) is 0 Å². The zero-order valence-electron chi connectivity index (χ0n) is 8.53. The molecule has 1 aromatic heterocycles. The van der Waals surface area contributed by atoms with Gasteiger partial charge in [-0.05, 0) is 19.1 Å². The van der Waals surface area contributed by atoms with Gasteiger partial charge in [0.1, 0.15) is 0 Å². The van der Waals surface area contributed by atoms with Crippen LogP contribution < -0.4 is 0 Å². The van der Waals surface area contributed by atoms with E-state index in [1.807, 2.05) is 18.2 Å². The van der Waals surface area contributed by atoms with E-state index in [9.17, 15) is 10.1 Å². The molecule has 0 aliphatic carbocycles. The molecule has 2 rings (SSSR count). The van der Waals surface area contributed by atoms with Crippen molar-refractivity contribution in [3.05, 3.63) is 52.2 Å². The molecule has 0 saturated heterocycles. The SMILES string of the molecule is Cc1c(-c2ccc[nH]2)cccc1[N+](=O)[O-].[Ag]. The van der Waals surface area contributed by atoms with E-state index in [1.165, 1.54) is 6.07 Å². The molecule has 87 valence electrons. The molecular formula is C11H10AgN2O2. The number of rotatable bonds is 2. The fourth-order valence-corrected chi connectivity index (χ4v) is 1.61. The fraction of sp³-hybridized carbons (Fsp3) is 0.0909. The van der Waals surface area contributed by atoms with E-state index in [0.717, 1.165) is 11.3 Å². The quantitative estimate of drug-likeness (QED) is 0.527. The number of nitrogens with zero attached hydrogens (tertiary/aromatic N) is 1. The maximum absolute atomic E-state index is 10.7. The Morgan fingerprint density at radius 2 is 2.00 bits per heavy atom. The van der Waals surface area contributed by atoms with Crippen molar-refractivity contribution in [2.45, 2.75) is 6.92 Å². The smallest absolute Gasteiger partial charge is 0.272 e. The number of hydrogen-bond acceptors (Lipinski definition) is 2. The predicted octanol–water partition coefficient (Wildman–Crippen LogP) is 2.90. The summed E-state index contributed by atoms with van der Waals surface area (Å²) in [4.78, 5) is 13.4. The van der Waals surface area contributed by atoms with Crippen molar-refractivity contribution in [3.63, 3.8) is 0 Å². The first-order valence-corrected chi connectivity index (χ1v) is 4.58. The first kappa shape index (κ1) is 12.7. The number of nitro benzene ring substituents is 1. The van der Waals surface area contributed by atoms with Crippen LogP contribution in [-0.4, -0.2) is 9.91 Å². The molecule has 0 unspecified atom stereocenters. The van der Waals surface area contributed by atoms with Gasteiger partial charge < -0.3 is 4.98 Å². The zero-order chi connectivity index (χ0) is 10.8.